The zero-order valence-electron chi connectivity index (χ0n) is 7.74. The third-order valence-electron chi connectivity index (χ3n) is 2.61. The van der Waals surface area contributed by atoms with Gasteiger partial charge in [-0.05, 0) is 0 Å². The maximum Gasteiger partial charge on any atom is 0.137 e. The number of hydrogen-bond donors (Lipinski definition) is 0. The summed E-state index contributed by atoms with van der Waals surface area (Å²) in [6, 6.07) is 0. The van der Waals surface area contributed by atoms with E-state index in [-0.39, 0.29) is 6.17 Å². The van der Waals surface area contributed by atoms with E-state index in [4.69, 9.17) is 4.74 Å². The summed E-state index contributed by atoms with van der Waals surface area (Å²) in [5.41, 5.74) is 0. The highest BCUT2D eigenvalue weighted by Crippen LogP contribution is 2.11. The van der Waals surface area contributed by atoms with Crippen molar-refractivity contribution < 1.29 is 9.53 Å². The highest BCUT2D eigenvalue weighted by Gasteiger charge is 2.26. The maximum absolute atomic E-state index is 11.2. The summed E-state index contributed by atoms with van der Waals surface area (Å²) in [7, 11) is 0. The van der Waals surface area contributed by atoms with Gasteiger partial charge in [0.15, 0.2) is 0 Å². The molecular formula is C9H15N2O2. The minimum atomic E-state index is 0.144. The molecule has 4 heteroatoms. The normalized spacial score (nSPS) is 32.0. The van der Waals surface area contributed by atoms with Gasteiger partial charge in [-0.1, -0.05) is 0 Å². The number of Topliss-reactive ketones (excluding diaryl/α,β-unsaturated/α-hetero) is 1. The van der Waals surface area contributed by atoms with Crippen LogP contribution >= 0.6 is 0 Å². The van der Waals surface area contributed by atoms with Gasteiger partial charge in [0, 0.05) is 32.5 Å². The van der Waals surface area contributed by atoms with Gasteiger partial charge in [0.1, 0.15) is 5.78 Å². The first-order chi connectivity index (χ1) is 6.36. The molecule has 2 aliphatic rings. The van der Waals surface area contributed by atoms with Gasteiger partial charge in [-0.15, -0.1) is 0 Å². The highest BCUT2D eigenvalue weighted by atomic mass is 16.5. The van der Waals surface area contributed by atoms with Gasteiger partial charge in [-0.2, -0.15) is 0 Å². The Kier molecular flexibility index (Phi) is 2.93. The third kappa shape index (κ3) is 2.27. The second-order valence-electron chi connectivity index (χ2n) is 3.53. The second kappa shape index (κ2) is 4.17. The van der Waals surface area contributed by atoms with Gasteiger partial charge in [0.2, 0.25) is 0 Å². The van der Waals surface area contributed by atoms with Crippen molar-refractivity contribution in [3.8, 4) is 0 Å². The number of carbonyl (C=O) groups is 1. The van der Waals surface area contributed by atoms with E-state index in [1.54, 1.807) is 0 Å². The first-order valence-corrected chi connectivity index (χ1v) is 4.86. The molecule has 0 saturated carbocycles. The molecule has 4 nitrogen and oxygen atoms in total. The number of morpholine rings is 1. The molecule has 0 amide bonds. The average Bonchev–Trinajstić information content (AvgIpc) is 2.19. The molecule has 1 radical (unpaired) electrons. The summed E-state index contributed by atoms with van der Waals surface area (Å²) >= 11 is 0. The van der Waals surface area contributed by atoms with Crippen LogP contribution in [0.2, 0.25) is 0 Å². The Morgan fingerprint density at radius 3 is 2.85 bits per heavy atom. The van der Waals surface area contributed by atoms with E-state index >= 15 is 0 Å². The highest BCUT2D eigenvalue weighted by molar-refractivity contribution is 5.79. The van der Waals surface area contributed by atoms with Crippen molar-refractivity contribution in [1.29, 1.82) is 0 Å². The Morgan fingerprint density at radius 1 is 1.38 bits per heavy atom. The van der Waals surface area contributed by atoms with Crippen LogP contribution in [0.5, 0.6) is 0 Å². The fourth-order valence-corrected chi connectivity index (χ4v) is 1.83. The Hall–Kier alpha value is -0.450. The summed E-state index contributed by atoms with van der Waals surface area (Å²) in [5, 5.41) is 4.45. The lowest BCUT2D eigenvalue weighted by atomic mass is 10.1. The number of hydrogen-bond acceptors (Lipinski definition) is 3. The first kappa shape index (κ1) is 9.12. The lowest BCUT2D eigenvalue weighted by Crippen LogP contribution is -2.51. The van der Waals surface area contributed by atoms with E-state index in [9.17, 15) is 4.79 Å². The van der Waals surface area contributed by atoms with Gasteiger partial charge in [-0.25, -0.2) is 5.32 Å². The number of piperidine rings is 1. The van der Waals surface area contributed by atoms with Crippen LogP contribution in [0.15, 0.2) is 0 Å². The molecule has 1 unspecified atom stereocenters. The molecule has 0 spiro atoms. The van der Waals surface area contributed by atoms with E-state index in [1.165, 1.54) is 0 Å². The largest absolute Gasteiger partial charge is 0.379 e. The Balaban J connectivity index is 1.87. The number of rotatable bonds is 1. The molecule has 0 aliphatic carbocycles. The zero-order valence-corrected chi connectivity index (χ0v) is 7.74. The monoisotopic (exact) mass is 183 g/mol. The minimum absolute atomic E-state index is 0.144. The van der Waals surface area contributed by atoms with Crippen LogP contribution in [0.3, 0.4) is 0 Å². The average molecular weight is 183 g/mol. The van der Waals surface area contributed by atoms with Crippen molar-refractivity contribution in [2.45, 2.75) is 19.0 Å². The lowest BCUT2D eigenvalue weighted by molar-refractivity contribution is -0.123. The fraction of sp³-hybridized carbons (Fsp3) is 0.889. The summed E-state index contributed by atoms with van der Waals surface area (Å²) in [5.74, 6) is 0.353. The quantitative estimate of drug-likeness (QED) is 0.556. The number of nitrogens with zero attached hydrogens (tertiary/aromatic N) is 2. The van der Waals surface area contributed by atoms with Crippen LogP contribution in [0.1, 0.15) is 12.8 Å². The molecule has 2 saturated heterocycles. The molecule has 2 rings (SSSR count). The summed E-state index contributed by atoms with van der Waals surface area (Å²) in [6.45, 7) is 4.10. The first-order valence-electron chi connectivity index (χ1n) is 4.86. The van der Waals surface area contributed by atoms with E-state index < -0.39 is 0 Å². The Labute approximate surface area is 78.2 Å². The molecule has 2 fully saturated rings. The van der Waals surface area contributed by atoms with Crippen molar-refractivity contribution >= 4 is 5.78 Å². The number of carbonyl (C=O) groups excluding carboxylic acids is 1. The van der Waals surface area contributed by atoms with Crippen molar-refractivity contribution in [2.75, 3.05) is 32.8 Å². The smallest absolute Gasteiger partial charge is 0.137 e. The molecule has 2 aliphatic heterocycles. The van der Waals surface area contributed by atoms with Gasteiger partial charge in [0.05, 0.1) is 19.4 Å². The molecule has 0 N–H and O–H groups in total. The summed E-state index contributed by atoms with van der Waals surface area (Å²) in [6.07, 6.45) is 1.39. The van der Waals surface area contributed by atoms with Crippen molar-refractivity contribution in [3.63, 3.8) is 0 Å². The van der Waals surface area contributed by atoms with Gasteiger partial charge in [-0.3, -0.25) is 9.69 Å². The summed E-state index contributed by atoms with van der Waals surface area (Å²) in [4.78, 5) is 13.4. The van der Waals surface area contributed by atoms with Crippen molar-refractivity contribution in [2.24, 2.45) is 0 Å². The zero-order chi connectivity index (χ0) is 9.10. The predicted molar refractivity (Wildman–Crippen MR) is 47.4 cm³/mol. The lowest BCUT2D eigenvalue weighted by Gasteiger charge is -2.35. The van der Waals surface area contributed by atoms with Crippen LogP contribution in [0, 0.1) is 0 Å². The minimum Gasteiger partial charge on any atom is -0.379 e. The van der Waals surface area contributed by atoms with Crippen LogP contribution in [0.4, 0.5) is 0 Å². The Bertz CT molecular complexity index is 190. The molecule has 13 heavy (non-hydrogen) atoms. The van der Waals surface area contributed by atoms with Crippen LogP contribution in [-0.4, -0.2) is 49.7 Å². The standard InChI is InChI=1S/C9H15N2O2/c12-8-1-2-10-9(7-8)11-3-5-13-6-4-11/h9H,1-7H2. The molecule has 0 aromatic heterocycles. The van der Waals surface area contributed by atoms with Gasteiger partial charge >= 0.3 is 0 Å². The predicted octanol–water partition coefficient (Wildman–Crippen LogP) is -0.388. The molecule has 0 aromatic rings. The van der Waals surface area contributed by atoms with E-state index in [2.05, 4.69) is 10.2 Å². The van der Waals surface area contributed by atoms with Gasteiger partial charge in [0.25, 0.3) is 0 Å². The van der Waals surface area contributed by atoms with E-state index in [1.807, 2.05) is 0 Å². The molecule has 73 valence electrons. The van der Waals surface area contributed by atoms with E-state index in [0.29, 0.717) is 25.2 Å². The number of ether oxygens (including phenoxy) is 1. The Morgan fingerprint density at radius 2 is 2.15 bits per heavy atom. The number of ketones is 1. The molecule has 0 aromatic carbocycles. The SMILES string of the molecule is O=C1CC[N]C(N2CCOCC2)C1. The fourth-order valence-electron chi connectivity index (χ4n) is 1.83. The van der Waals surface area contributed by atoms with Crippen molar-refractivity contribution in [3.05, 3.63) is 0 Å². The molecular weight excluding hydrogens is 168 g/mol. The van der Waals surface area contributed by atoms with Crippen LogP contribution < -0.4 is 5.32 Å². The maximum atomic E-state index is 11.2. The van der Waals surface area contributed by atoms with Crippen molar-refractivity contribution in [1.82, 2.24) is 10.2 Å². The molecule has 2 heterocycles. The van der Waals surface area contributed by atoms with E-state index in [0.717, 1.165) is 26.3 Å². The second-order valence-corrected chi connectivity index (χ2v) is 3.53. The third-order valence-corrected chi connectivity index (χ3v) is 2.61. The van der Waals surface area contributed by atoms with Gasteiger partial charge < -0.3 is 4.74 Å². The van der Waals surface area contributed by atoms with Crippen LogP contribution in [-0.2, 0) is 9.53 Å². The molecule has 0 bridgehead atoms. The van der Waals surface area contributed by atoms with Crippen LogP contribution in [0.25, 0.3) is 0 Å². The molecule has 1 atom stereocenters. The topological polar surface area (TPSA) is 43.6 Å². The summed E-state index contributed by atoms with van der Waals surface area (Å²) < 4.78 is 5.25.